The number of quaternary nitrogens is 1. The number of rotatable bonds is 8. The average molecular weight is 287 g/mol. The van der Waals surface area contributed by atoms with Gasteiger partial charge in [-0.3, -0.25) is 10.1 Å². The van der Waals surface area contributed by atoms with Crippen molar-refractivity contribution in [2.45, 2.75) is 33.1 Å². The molecule has 7 nitrogen and oxygen atoms in total. The van der Waals surface area contributed by atoms with Gasteiger partial charge < -0.3 is 20.1 Å². The average Bonchev–Trinajstić information content (AvgIpc) is 2.24. The molecule has 0 aromatic rings. The molecule has 3 amide bonds. The van der Waals surface area contributed by atoms with Gasteiger partial charge in [0.1, 0.15) is 0 Å². The SMILES string of the molecule is C[NH+](C)CC(C)(C)CNC(=O)NC(=O)CCCC(=O)[O-]. The zero-order chi connectivity index (χ0) is 15.8. The Bertz CT molecular complexity index is 354. The van der Waals surface area contributed by atoms with Gasteiger partial charge in [0.05, 0.1) is 20.6 Å². The Balaban J connectivity index is 3.93. The van der Waals surface area contributed by atoms with Gasteiger partial charge >= 0.3 is 6.03 Å². The Kier molecular flexibility index (Phi) is 7.83. The third kappa shape index (κ3) is 10.3. The largest absolute Gasteiger partial charge is 0.550 e. The summed E-state index contributed by atoms with van der Waals surface area (Å²) in [5.74, 6) is -1.69. The van der Waals surface area contributed by atoms with Crippen LogP contribution in [0.1, 0.15) is 33.1 Å². The fraction of sp³-hybridized carbons (Fsp3) is 0.769. The van der Waals surface area contributed by atoms with Crippen LogP contribution in [0.3, 0.4) is 0 Å². The minimum Gasteiger partial charge on any atom is -0.550 e. The molecule has 0 aliphatic heterocycles. The van der Waals surface area contributed by atoms with Gasteiger partial charge in [-0.15, -0.1) is 0 Å². The molecular formula is C13H25N3O4. The molecule has 0 saturated heterocycles. The van der Waals surface area contributed by atoms with Crippen LogP contribution in [-0.4, -0.2) is 45.1 Å². The highest BCUT2D eigenvalue weighted by molar-refractivity contribution is 5.94. The molecule has 0 radical (unpaired) electrons. The lowest BCUT2D eigenvalue weighted by Crippen LogP contribution is -3.07. The molecule has 0 fully saturated rings. The molecule has 0 atom stereocenters. The number of amides is 3. The van der Waals surface area contributed by atoms with Gasteiger partial charge in [0.25, 0.3) is 0 Å². The molecule has 0 heterocycles. The first-order valence-corrected chi connectivity index (χ1v) is 6.69. The lowest BCUT2D eigenvalue weighted by molar-refractivity contribution is -0.865. The summed E-state index contributed by atoms with van der Waals surface area (Å²) in [4.78, 5) is 34.3. The fourth-order valence-electron chi connectivity index (χ4n) is 1.97. The van der Waals surface area contributed by atoms with E-state index in [1.807, 2.05) is 27.9 Å². The third-order valence-electron chi connectivity index (χ3n) is 2.60. The van der Waals surface area contributed by atoms with Crippen molar-refractivity contribution in [2.24, 2.45) is 5.41 Å². The minimum absolute atomic E-state index is 0.00730. The number of aliphatic carboxylic acids is 1. The number of carbonyl (C=O) groups excluding carboxylic acids is 3. The predicted molar refractivity (Wildman–Crippen MR) is 71.9 cm³/mol. The third-order valence-corrected chi connectivity index (χ3v) is 2.60. The van der Waals surface area contributed by atoms with Crippen molar-refractivity contribution < 1.29 is 24.4 Å². The second kappa shape index (κ2) is 8.52. The zero-order valence-electron chi connectivity index (χ0n) is 12.7. The molecule has 0 aliphatic carbocycles. The number of carboxylic acid groups (broad SMARTS) is 1. The molecule has 7 heteroatoms. The molecular weight excluding hydrogens is 262 g/mol. The van der Waals surface area contributed by atoms with Crippen molar-refractivity contribution in [2.75, 3.05) is 27.2 Å². The molecule has 0 unspecified atom stereocenters. The number of carboxylic acids is 1. The number of imide groups is 1. The number of hydrogen-bond donors (Lipinski definition) is 3. The van der Waals surface area contributed by atoms with E-state index in [-0.39, 0.29) is 24.7 Å². The molecule has 20 heavy (non-hydrogen) atoms. The van der Waals surface area contributed by atoms with E-state index in [2.05, 4.69) is 10.6 Å². The highest BCUT2D eigenvalue weighted by Gasteiger charge is 2.22. The van der Waals surface area contributed by atoms with E-state index in [1.165, 1.54) is 4.90 Å². The fourth-order valence-corrected chi connectivity index (χ4v) is 1.97. The monoisotopic (exact) mass is 287 g/mol. The highest BCUT2D eigenvalue weighted by atomic mass is 16.4. The summed E-state index contributed by atoms with van der Waals surface area (Å²) in [6.07, 6.45) is -0.0305. The van der Waals surface area contributed by atoms with Crippen LogP contribution in [0.4, 0.5) is 4.79 Å². The summed E-state index contributed by atoms with van der Waals surface area (Å²) in [5.41, 5.74) is -0.0752. The Hall–Kier alpha value is -1.63. The minimum atomic E-state index is -1.20. The van der Waals surface area contributed by atoms with Crippen molar-refractivity contribution in [1.29, 1.82) is 0 Å². The van der Waals surface area contributed by atoms with Crippen molar-refractivity contribution in [3.63, 3.8) is 0 Å². The maximum atomic E-state index is 11.5. The van der Waals surface area contributed by atoms with Crippen LogP contribution in [0.15, 0.2) is 0 Å². The topological polar surface area (TPSA) is 103 Å². The lowest BCUT2D eigenvalue weighted by Gasteiger charge is -2.25. The lowest BCUT2D eigenvalue weighted by atomic mass is 9.93. The van der Waals surface area contributed by atoms with Crippen molar-refractivity contribution in [1.82, 2.24) is 10.6 Å². The van der Waals surface area contributed by atoms with Crippen molar-refractivity contribution in [3.05, 3.63) is 0 Å². The summed E-state index contributed by atoms with van der Waals surface area (Å²) in [6, 6.07) is -0.551. The first-order chi connectivity index (χ1) is 9.12. The van der Waals surface area contributed by atoms with Gasteiger partial charge in [0, 0.05) is 24.3 Å². The second-order valence-electron chi connectivity index (χ2n) is 6.00. The van der Waals surface area contributed by atoms with Crippen molar-refractivity contribution >= 4 is 17.9 Å². The maximum Gasteiger partial charge on any atom is 0.321 e. The van der Waals surface area contributed by atoms with Crippen LogP contribution in [0, 0.1) is 5.41 Å². The summed E-state index contributed by atoms with van der Waals surface area (Å²) < 4.78 is 0. The molecule has 0 aromatic carbocycles. The molecule has 0 bridgehead atoms. The second-order valence-corrected chi connectivity index (χ2v) is 6.00. The van der Waals surface area contributed by atoms with Crippen LogP contribution in [0.2, 0.25) is 0 Å². The molecule has 0 aliphatic rings. The van der Waals surface area contributed by atoms with Gasteiger partial charge in [-0.1, -0.05) is 13.8 Å². The van der Waals surface area contributed by atoms with Gasteiger partial charge in [0.15, 0.2) is 0 Å². The Morgan fingerprint density at radius 3 is 2.25 bits per heavy atom. The maximum absolute atomic E-state index is 11.5. The number of hydrogen-bond acceptors (Lipinski definition) is 4. The number of nitrogens with one attached hydrogen (secondary N) is 3. The van der Waals surface area contributed by atoms with E-state index in [0.717, 1.165) is 6.54 Å². The van der Waals surface area contributed by atoms with E-state index in [9.17, 15) is 19.5 Å². The summed E-state index contributed by atoms with van der Waals surface area (Å²) in [5, 5.41) is 15.0. The Morgan fingerprint density at radius 1 is 1.15 bits per heavy atom. The van der Waals surface area contributed by atoms with Crippen LogP contribution in [-0.2, 0) is 9.59 Å². The molecule has 0 spiro atoms. The molecule has 116 valence electrons. The zero-order valence-corrected chi connectivity index (χ0v) is 12.7. The first-order valence-electron chi connectivity index (χ1n) is 6.69. The van der Waals surface area contributed by atoms with Gasteiger partial charge in [-0.25, -0.2) is 4.79 Å². The van der Waals surface area contributed by atoms with E-state index < -0.39 is 17.9 Å². The summed E-state index contributed by atoms with van der Waals surface area (Å²) in [7, 11) is 4.06. The standard InChI is InChI=1S/C13H25N3O4/c1-13(2,9-16(3)4)8-14-12(20)15-10(17)6-5-7-11(18)19/h5-9H2,1-4H3,(H,18,19)(H2,14,15,17,20). The number of carbonyl (C=O) groups is 3. The summed E-state index contributed by atoms with van der Waals surface area (Å²) in [6.45, 7) is 5.40. The molecule has 0 aromatic heterocycles. The quantitative estimate of drug-likeness (QED) is 0.476. The van der Waals surface area contributed by atoms with E-state index >= 15 is 0 Å². The first kappa shape index (κ1) is 18.4. The molecule has 0 saturated carbocycles. The normalized spacial score (nSPS) is 11.2. The smallest absolute Gasteiger partial charge is 0.321 e. The van der Waals surface area contributed by atoms with E-state index in [0.29, 0.717) is 6.54 Å². The van der Waals surface area contributed by atoms with Gasteiger partial charge in [-0.05, 0) is 12.8 Å². The molecule has 0 rings (SSSR count). The van der Waals surface area contributed by atoms with E-state index in [4.69, 9.17) is 0 Å². The summed E-state index contributed by atoms with van der Waals surface area (Å²) >= 11 is 0. The predicted octanol–water partition coefficient (Wildman–Crippen LogP) is -2.10. The number of urea groups is 1. The van der Waals surface area contributed by atoms with Crippen LogP contribution >= 0.6 is 0 Å². The van der Waals surface area contributed by atoms with Crippen LogP contribution < -0.4 is 20.6 Å². The van der Waals surface area contributed by atoms with Crippen LogP contribution in [0.5, 0.6) is 0 Å². The van der Waals surface area contributed by atoms with Gasteiger partial charge in [-0.2, -0.15) is 0 Å². The van der Waals surface area contributed by atoms with Gasteiger partial charge in [0.2, 0.25) is 5.91 Å². The van der Waals surface area contributed by atoms with Crippen molar-refractivity contribution in [3.8, 4) is 0 Å². The Morgan fingerprint density at radius 2 is 1.75 bits per heavy atom. The molecule has 3 N–H and O–H groups in total. The van der Waals surface area contributed by atoms with Crippen LogP contribution in [0.25, 0.3) is 0 Å². The highest BCUT2D eigenvalue weighted by Crippen LogP contribution is 2.09. The van der Waals surface area contributed by atoms with E-state index in [1.54, 1.807) is 0 Å². The Labute approximate surface area is 119 Å².